The predicted molar refractivity (Wildman–Crippen MR) is 59.7 cm³/mol. The quantitative estimate of drug-likeness (QED) is 0.863. The second-order valence-electron chi connectivity index (χ2n) is 3.74. The number of hydrogen-bond donors (Lipinski definition) is 1. The molecule has 1 N–H and O–H groups in total. The van der Waals surface area contributed by atoms with Crippen molar-refractivity contribution in [1.29, 1.82) is 0 Å². The second kappa shape index (κ2) is 6.02. The third-order valence-electron chi connectivity index (χ3n) is 2.60. The van der Waals surface area contributed by atoms with E-state index in [9.17, 15) is 13.2 Å². The lowest BCUT2D eigenvalue weighted by Crippen LogP contribution is -2.18. The van der Waals surface area contributed by atoms with E-state index in [1.165, 1.54) is 12.1 Å². The van der Waals surface area contributed by atoms with Crippen molar-refractivity contribution in [2.75, 3.05) is 20.8 Å². The summed E-state index contributed by atoms with van der Waals surface area (Å²) in [5, 5.41) is 3.05. The van der Waals surface area contributed by atoms with Crippen molar-refractivity contribution >= 4 is 0 Å². The minimum Gasteiger partial charge on any atom is -0.385 e. The number of nitrogens with one attached hydrogen (secondary N) is 1. The van der Waals surface area contributed by atoms with Crippen LogP contribution in [0.5, 0.6) is 0 Å². The van der Waals surface area contributed by atoms with E-state index in [4.69, 9.17) is 4.74 Å². The minimum atomic E-state index is -4.28. The molecule has 0 radical (unpaired) electrons. The Kier molecular flexibility index (Phi) is 4.96. The fourth-order valence-corrected chi connectivity index (χ4v) is 1.62. The van der Waals surface area contributed by atoms with E-state index in [0.717, 1.165) is 24.1 Å². The zero-order chi connectivity index (χ0) is 12.9. The van der Waals surface area contributed by atoms with Crippen LogP contribution >= 0.6 is 0 Å². The molecule has 0 aliphatic heterocycles. The van der Waals surface area contributed by atoms with Crippen LogP contribution in [0.4, 0.5) is 13.2 Å². The van der Waals surface area contributed by atoms with Crippen LogP contribution in [-0.4, -0.2) is 20.8 Å². The van der Waals surface area contributed by atoms with Crippen molar-refractivity contribution in [2.45, 2.75) is 18.6 Å². The SMILES string of the molecule is CNC(CCOC)c1ccc(C(F)(F)F)cc1. The first-order valence-electron chi connectivity index (χ1n) is 5.32. The lowest BCUT2D eigenvalue weighted by molar-refractivity contribution is -0.137. The van der Waals surface area contributed by atoms with E-state index in [-0.39, 0.29) is 6.04 Å². The highest BCUT2D eigenvalue weighted by atomic mass is 19.4. The molecule has 1 aromatic carbocycles. The summed E-state index contributed by atoms with van der Waals surface area (Å²) in [5.74, 6) is 0. The topological polar surface area (TPSA) is 21.3 Å². The third-order valence-corrected chi connectivity index (χ3v) is 2.60. The first kappa shape index (κ1) is 14.0. The smallest absolute Gasteiger partial charge is 0.385 e. The van der Waals surface area contributed by atoms with Gasteiger partial charge in [0.15, 0.2) is 0 Å². The number of benzene rings is 1. The molecule has 0 amide bonds. The average molecular weight is 247 g/mol. The van der Waals surface area contributed by atoms with Gasteiger partial charge < -0.3 is 10.1 Å². The van der Waals surface area contributed by atoms with Crippen molar-refractivity contribution < 1.29 is 17.9 Å². The summed E-state index contributed by atoms with van der Waals surface area (Å²) in [6.07, 6.45) is -3.56. The summed E-state index contributed by atoms with van der Waals surface area (Å²) in [5.41, 5.74) is 0.209. The molecule has 0 saturated carbocycles. The van der Waals surface area contributed by atoms with Crippen molar-refractivity contribution in [3.63, 3.8) is 0 Å². The third kappa shape index (κ3) is 4.02. The molecule has 0 aliphatic carbocycles. The normalized spacial score (nSPS) is 13.7. The molecule has 0 saturated heterocycles. The number of rotatable bonds is 5. The van der Waals surface area contributed by atoms with Gasteiger partial charge in [-0.1, -0.05) is 12.1 Å². The molecule has 96 valence electrons. The number of methoxy groups -OCH3 is 1. The molecule has 0 aliphatic rings. The average Bonchev–Trinajstić information content (AvgIpc) is 2.29. The number of halogens is 3. The molecule has 1 rings (SSSR count). The van der Waals surface area contributed by atoms with Crippen LogP contribution in [0.15, 0.2) is 24.3 Å². The van der Waals surface area contributed by atoms with Crippen LogP contribution in [0, 0.1) is 0 Å². The molecule has 0 heterocycles. The first-order valence-corrected chi connectivity index (χ1v) is 5.32. The Bertz CT molecular complexity index is 335. The van der Waals surface area contributed by atoms with E-state index in [1.807, 2.05) is 0 Å². The maximum atomic E-state index is 12.4. The molecule has 17 heavy (non-hydrogen) atoms. The van der Waals surface area contributed by atoms with Gasteiger partial charge in [-0.3, -0.25) is 0 Å². The number of ether oxygens (including phenoxy) is 1. The predicted octanol–water partition coefficient (Wildman–Crippen LogP) is 3.00. The van der Waals surface area contributed by atoms with E-state index < -0.39 is 11.7 Å². The van der Waals surface area contributed by atoms with Gasteiger partial charge in [0, 0.05) is 19.8 Å². The Hall–Kier alpha value is -1.07. The van der Waals surface area contributed by atoms with Gasteiger partial charge in [-0.25, -0.2) is 0 Å². The van der Waals surface area contributed by atoms with Gasteiger partial charge in [-0.15, -0.1) is 0 Å². The summed E-state index contributed by atoms with van der Waals surface area (Å²) in [7, 11) is 3.37. The van der Waals surface area contributed by atoms with Crippen molar-refractivity contribution in [1.82, 2.24) is 5.32 Å². The molecule has 2 nitrogen and oxygen atoms in total. The lowest BCUT2D eigenvalue weighted by atomic mass is 10.0. The monoisotopic (exact) mass is 247 g/mol. The van der Waals surface area contributed by atoms with Crippen LogP contribution < -0.4 is 5.32 Å². The van der Waals surface area contributed by atoms with Crippen LogP contribution in [0.1, 0.15) is 23.6 Å². The highest BCUT2D eigenvalue weighted by Gasteiger charge is 2.30. The zero-order valence-corrected chi connectivity index (χ0v) is 9.84. The fraction of sp³-hybridized carbons (Fsp3) is 0.500. The summed E-state index contributed by atoms with van der Waals surface area (Å²) >= 11 is 0. The number of alkyl halides is 3. The molecule has 1 aromatic rings. The Morgan fingerprint density at radius 2 is 1.82 bits per heavy atom. The summed E-state index contributed by atoms with van der Waals surface area (Å²) in [6, 6.07) is 5.22. The Morgan fingerprint density at radius 1 is 1.24 bits per heavy atom. The van der Waals surface area contributed by atoms with Gasteiger partial charge in [-0.2, -0.15) is 13.2 Å². The summed E-state index contributed by atoms with van der Waals surface area (Å²) in [6.45, 7) is 0.562. The van der Waals surface area contributed by atoms with E-state index in [2.05, 4.69) is 5.32 Å². The maximum Gasteiger partial charge on any atom is 0.416 e. The Labute approximate surface area is 98.8 Å². The van der Waals surface area contributed by atoms with Gasteiger partial charge >= 0.3 is 6.18 Å². The van der Waals surface area contributed by atoms with E-state index in [1.54, 1.807) is 14.2 Å². The van der Waals surface area contributed by atoms with Crippen molar-refractivity contribution in [3.8, 4) is 0 Å². The molecule has 0 spiro atoms. The van der Waals surface area contributed by atoms with Crippen LogP contribution in [0.25, 0.3) is 0 Å². The van der Waals surface area contributed by atoms with Gasteiger partial charge in [0.05, 0.1) is 5.56 Å². The van der Waals surface area contributed by atoms with E-state index in [0.29, 0.717) is 6.61 Å². The molecule has 1 unspecified atom stereocenters. The molecule has 0 fully saturated rings. The van der Waals surface area contributed by atoms with E-state index >= 15 is 0 Å². The fourth-order valence-electron chi connectivity index (χ4n) is 1.62. The van der Waals surface area contributed by atoms with Gasteiger partial charge in [0.2, 0.25) is 0 Å². The minimum absolute atomic E-state index is 0.0113. The second-order valence-corrected chi connectivity index (χ2v) is 3.74. The van der Waals surface area contributed by atoms with Crippen LogP contribution in [-0.2, 0) is 10.9 Å². The Morgan fingerprint density at radius 3 is 2.24 bits per heavy atom. The summed E-state index contributed by atoms with van der Waals surface area (Å²) < 4.78 is 42.1. The van der Waals surface area contributed by atoms with Gasteiger partial charge in [-0.05, 0) is 31.2 Å². The highest BCUT2D eigenvalue weighted by molar-refractivity contribution is 5.26. The van der Waals surface area contributed by atoms with Gasteiger partial charge in [0.1, 0.15) is 0 Å². The largest absolute Gasteiger partial charge is 0.416 e. The molecular formula is C12H16F3NO. The first-order chi connectivity index (χ1) is 7.99. The standard InChI is InChI=1S/C12H16F3NO/c1-16-11(7-8-17-2)9-3-5-10(6-4-9)12(13,14)15/h3-6,11,16H,7-8H2,1-2H3. The maximum absolute atomic E-state index is 12.4. The molecular weight excluding hydrogens is 231 g/mol. The van der Waals surface area contributed by atoms with Crippen LogP contribution in [0.3, 0.4) is 0 Å². The molecule has 0 aromatic heterocycles. The molecule has 1 atom stereocenters. The van der Waals surface area contributed by atoms with Crippen LogP contribution in [0.2, 0.25) is 0 Å². The summed E-state index contributed by atoms with van der Waals surface area (Å²) in [4.78, 5) is 0. The number of hydrogen-bond acceptors (Lipinski definition) is 2. The van der Waals surface area contributed by atoms with Crippen molar-refractivity contribution in [3.05, 3.63) is 35.4 Å². The lowest BCUT2D eigenvalue weighted by Gasteiger charge is -2.17. The zero-order valence-electron chi connectivity index (χ0n) is 9.84. The van der Waals surface area contributed by atoms with Gasteiger partial charge in [0.25, 0.3) is 0 Å². The molecule has 0 bridgehead atoms. The molecule has 5 heteroatoms. The Balaban J connectivity index is 2.78. The van der Waals surface area contributed by atoms with Crippen molar-refractivity contribution in [2.24, 2.45) is 0 Å². The highest BCUT2D eigenvalue weighted by Crippen LogP contribution is 2.30.